The number of non-ortho nitro benzene ring substituents is 1. The lowest BCUT2D eigenvalue weighted by atomic mass is 10.1. The number of nitrogens with one attached hydrogen (secondary N) is 1. The molecule has 28 heavy (non-hydrogen) atoms. The molecule has 1 aliphatic rings. The molecule has 1 saturated heterocycles. The van der Waals surface area contributed by atoms with Crippen molar-refractivity contribution in [2.24, 2.45) is 0 Å². The van der Waals surface area contributed by atoms with Gasteiger partial charge in [0.2, 0.25) is 10.0 Å². The Hall–Kier alpha value is -2.82. The first-order chi connectivity index (χ1) is 13.3. The minimum atomic E-state index is -3.63. The number of sulfonamides is 1. The van der Waals surface area contributed by atoms with Gasteiger partial charge in [0.05, 0.1) is 23.0 Å². The van der Waals surface area contributed by atoms with Gasteiger partial charge >= 0.3 is 0 Å². The molecule has 9 nitrogen and oxygen atoms in total. The van der Waals surface area contributed by atoms with Crippen LogP contribution in [0.4, 0.5) is 11.4 Å². The second-order valence-corrected chi connectivity index (χ2v) is 8.19. The predicted molar refractivity (Wildman–Crippen MR) is 102 cm³/mol. The number of nitrogens with zero attached hydrogens (tertiary/aromatic N) is 2. The fourth-order valence-corrected chi connectivity index (χ4v) is 4.22. The predicted octanol–water partition coefficient (Wildman–Crippen LogP) is 2.18. The molecular weight excluding hydrogens is 386 g/mol. The van der Waals surface area contributed by atoms with Crippen molar-refractivity contribution in [2.45, 2.75) is 11.8 Å². The van der Waals surface area contributed by atoms with Crippen molar-refractivity contribution in [3.8, 4) is 0 Å². The van der Waals surface area contributed by atoms with Crippen LogP contribution in [0.1, 0.15) is 15.9 Å². The average molecular weight is 405 g/mol. The highest BCUT2D eigenvalue weighted by molar-refractivity contribution is 7.89. The van der Waals surface area contributed by atoms with Gasteiger partial charge in [-0.15, -0.1) is 0 Å². The van der Waals surface area contributed by atoms with Crippen molar-refractivity contribution in [3.05, 3.63) is 63.7 Å². The number of carbonyl (C=O) groups is 1. The van der Waals surface area contributed by atoms with Crippen LogP contribution in [0.25, 0.3) is 0 Å². The molecule has 10 heteroatoms. The SMILES string of the molecule is Cc1cc([N+](=O)[O-])ccc1NC(=O)c1ccc(S(=O)(=O)N2CCOCC2)cc1. The molecule has 0 aromatic heterocycles. The lowest BCUT2D eigenvalue weighted by molar-refractivity contribution is -0.384. The Morgan fingerprint density at radius 2 is 1.79 bits per heavy atom. The van der Waals surface area contributed by atoms with Gasteiger partial charge in [-0.2, -0.15) is 4.31 Å². The molecule has 3 rings (SSSR count). The van der Waals surface area contributed by atoms with Gasteiger partial charge in [0.1, 0.15) is 0 Å². The van der Waals surface area contributed by atoms with E-state index in [9.17, 15) is 23.3 Å². The van der Waals surface area contributed by atoms with Gasteiger partial charge in [-0.25, -0.2) is 8.42 Å². The number of nitro benzene ring substituents is 1. The summed E-state index contributed by atoms with van der Waals surface area (Å²) in [6.07, 6.45) is 0. The molecule has 0 spiro atoms. The molecule has 1 aliphatic heterocycles. The molecule has 1 amide bonds. The Kier molecular flexibility index (Phi) is 5.73. The van der Waals surface area contributed by atoms with Gasteiger partial charge < -0.3 is 10.1 Å². The van der Waals surface area contributed by atoms with Crippen LogP contribution >= 0.6 is 0 Å². The van der Waals surface area contributed by atoms with E-state index in [4.69, 9.17) is 4.74 Å². The number of carbonyl (C=O) groups excluding carboxylic acids is 1. The van der Waals surface area contributed by atoms with E-state index in [0.717, 1.165) is 0 Å². The van der Waals surface area contributed by atoms with E-state index in [1.54, 1.807) is 6.92 Å². The number of benzene rings is 2. The second-order valence-electron chi connectivity index (χ2n) is 6.25. The standard InChI is InChI=1S/C18H19N3O6S/c1-13-12-15(21(23)24)4-7-17(13)19-18(22)14-2-5-16(6-3-14)28(25,26)20-8-10-27-11-9-20/h2-7,12H,8-11H2,1H3,(H,19,22). The van der Waals surface area contributed by atoms with Crippen LogP contribution in [0.15, 0.2) is 47.4 Å². The molecule has 2 aromatic carbocycles. The van der Waals surface area contributed by atoms with Crippen molar-refractivity contribution in [1.82, 2.24) is 4.31 Å². The number of aryl methyl sites for hydroxylation is 1. The fourth-order valence-electron chi connectivity index (χ4n) is 2.81. The van der Waals surface area contributed by atoms with Crippen molar-refractivity contribution >= 4 is 27.3 Å². The summed E-state index contributed by atoms with van der Waals surface area (Å²) in [5, 5.41) is 13.5. The minimum Gasteiger partial charge on any atom is -0.379 e. The van der Waals surface area contributed by atoms with E-state index in [2.05, 4.69) is 5.32 Å². The Morgan fingerprint density at radius 1 is 1.14 bits per heavy atom. The van der Waals surface area contributed by atoms with Gasteiger partial charge in [-0.3, -0.25) is 14.9 Å². The van der Waals surface area contributed by atoms with Crippen LogP contribution in [0.5, 0.6) is 0 Å². The number of ether oxygens (including phenoxy) is 1. The van der Waals surface area contributed by atoms with E-state index in [0.29, 0.717) is 37.6 Å². The third-order valence-corrected chi connectivity index (χ3v) is 6.31. The van der Waals surface area contributed by atoms with Crippen molar-refractivity contribution in [3.63, 3.8) is 0 Å². The number of nitro groups is 1. The third kappa shape index (κ3) is 4.19. The second kappa shape index (κ2) is 8.05. The summed E-state index contributed by atoms with van der Waals surface area (Å²) in [5.41, 5.74) is 1.21. The number of hydrogen-bond acceptors (Lipinski definition) is 6. The maximum absolute atomic E-state index is 12.6. The summed E-state index contributed by atoms with van der Waals surface area (Å²) < 4.78 is 31.7. The molecule has 0 radical (unpaired) electrons. The topological polar surface area (TPSA) is 119 Å². The molecule has 1 heterocycles. The Bertz CT molecular complexity index is 998. The van der Waals surface area contributed by atoms with Gasteiger partial charge in [-0.1, -0.05) is 0 Å². The Morgan fingerprint density at radius 3 is 2.36 bits per heavy atom. The lowest BCUT2D eigenvalue weighted by Gasteiger charge is -2.26. The van der Waals surface area contributed by atoms with Crippen molar-refractivity contribution in [1.29, 1.82) is 0 Å². The summed E-state index contributed by atoms with van der Waals surface area (Å²) in [4.78, 5) is 22.8. The summed E-state index contributed by atoms with van der Waals surface area (Å²) >= 11 is 0. The van der Waals surface area contributed by atoms with Crippen LogP contribution in [-0.2, 0) is 14.8 Å². The maximum Gasteiger partial charge on any atom is 0.269 e. The molecule has 1 N–H and O–H groups in total. The third-order valence-electron chi connectivity index (χ3n) is 4.39. The summed E-state index contributed by atoms with van der Waals surface area (Å²) in [5.74, 6) is -0.438. The summed E-state index contributed by atoms with van der Waals surface area (Å²) in [6.45, 7) is 2.96. The molecule has 2 aromatic rings. The molecule has 0 bridgehead atoms. The monoisotopic (exact) mass is 405 g/mol. The zero-order chi connectivity index (χ0) is 20.3. The van der Waals surface area contributed by atoms with E-state index in [1.807, 2.05) is 0 Å². The molecule has 0 atom stereocenters. The molecule has 148 valence electrons. The number of rotatable bonds is 5. The molecule has 1 fully saturated rings. The van der Waals surface area contributed by atoms with E-state index >= 15 is 0 Å². The smallest absolute Gasteiger partial charge is 0.269 e. The van der Waals surface area contributed by atoms with Crippen LogP contribution < -0.4 is 5.32 Å². The molecule has 0 saturated carbocycles. The normalized spacial score (nSPS) is 15.2. The molecular formula is C18H19N3O6S. The number of amides is 1. The zero-order valence-electron chi connectivity index (χ0n) is 15.1. The van der Waals surface area contributed by atoms with E-state index < -0.39 is 20.9 Å². The van der Waals surface area contributed by atoms with E-state index in [1.165, 1.54) is 46.8 Å². The minimum absolute atomic E-state index is 0.0619. The Labute approximate surface area is 162 Å². The molecule has 0 unspecified atom stereocenters. The highest BCUT2D eigenvalue weighted by Gasteiger charge is 2.26. The van der Waals surface area contributed by atoms with Crippen LogP contribution in [-0.4, -0.2) is 49.9 Å². The van der Waals surface area contributed by atoms with Crippen LogP contribution in [0.2, 0.25) is 0 Å². The highest BCUT2D eigenvalue weighted by atomic mass is 32.2. The van der Waals surface area contributed by atoms with E-state index in [-0.39, 0.29) is 16.1 Å². The first kappa shape index (κ1) is 19.9. The largest absolute Gasteiger partial charge is 0.379 e. The lowest BCUT2D eigenvalue weighted by Crippen LogP contribution is -2.40. The zero-order valence-corrected chi connectivity index (χ0v) is 15.9. The van der Waals surface area contributed by atoms with Gasteiger partial charge in [-0.05, 0) is 42.8 Å². The quantitative estimate of drug-likeness (QED) is 0.601. The summed E-state index contributed by atoms with van der Waals surface area (Å²) in [7, 11) is -3.63. The number of hydrogen-bond donors (Lipinski definition) is 1. The van der Waals surface area contributed by atoms with Crippen LogP contribution in [0.3, 0.4) is 0 Å². The number of anilines is 1. The van der Waals surface area contributed by atoms with Gasteiger partial charge in [0, 0.05) is 36.5 Å². The Balaban J connectivity index is 1.74. The van der Waals surface area contributed by atoms with Crippen molar-refractivity contribution in [2.75, 3.05) is 31.6 Å². The molecule has 0 aliphatic carbocycles. The van der Waals surface area contributed by atoms with Crippen LogP contribution in [0, 0.1) is 17.0 Å². The van der Waals surface area contributed by atoms with Gasteiger partial charge in [0.25, 0.3) is 11.6 Å². The number of morpholine rings is 1. The summed E-state index contributed by atoms with van der Waals surface area (Å²) in [6, 6.07) is 9.79. The first-order valence-corrected chi connectivity index (χ1v) is 9.97. The highest BCUT2D eigenvalue weighted by Crippen LogP contribution is 2.22. The average Bonchev–Trinajstić information content (AvgIpc) is 2.70. The van der Waals surface area contributed by atoms with Crippen molar-refractivity contribution < 1.29 is 22.9 Å². The first-order valence-electron chi connectivity index (χ1n) is 8.53. The maximum atomic E-state index is 12.6. The van der Waals surface area contributed by atoms with Gasteiger partial charge in [0.15, 0.2) is 0 Å². The fraction of sp³-hybridized carbons (Fsp3) is 0.278.